The van der Waals surface area contributed by atoms with Crippen LogP contribution < -0.4 is 10.9 Å². The minimum atomic E-state index is -0.0950. The molecule has 0 heterocycles. The number of hydrogen-bond acceptors (Lipinski definition) is 2. The molecule has 1 amide bonds. The summed E-state index contributed by atoms with van der Waals surface area (Å²) in [6.45, 7) is 8.15. The summed E-state index contributed by atoms with van der Waals surface area (Å²) < 4.78 is 0. The maximum Gasteiger partial charge on any atom is 0.265 e. The molecule has 0 aliphatic carbocycles. The topological polar surface area (TPSA) is 41.1 Å². The Morgan fingerprint density at radius 1 is 1.30 bits per heavy atom. The zero-order chi connectivity index (χ0) is 14.8. The van der Waals surface area contributed by atoms with Crippen LogP contribution in [0, 0.1) is 5.92 Å². The van der Waals surface area contributed by atoms with E-state index >= 15 is 0 Å². The Labute approximate surface area is 122 Å². The number of nitrogens with one attached hydrogen (secondary N) is 2. The van der Waals surface area contributed by atoms with E-state index in [1.165, 1.54) is 12.8 Å². The Kier molecular flexibility index (Phi) is 7.66. The van der Waals surface area contributed by atoms with Gasteiger partial charge >= 0.3 is 0 Å². The largest absolute Gasteiger partial charge is 0.287 e. The number of hydrazine groups is 1. The molecule has 0 bridgehead atoms. The van der Waals surface area contributed by atoms with Crippen LogP contribution in [0.2, 0.25) is 0 Å². The molecule has 0 aliphatic rings. The van der Waals surface area contributed by atoms with E-state index in [1.807, 2.05) is 24.3 Å². The smallest absolute Gasteiger partial charge is 0.265 e. The predicted molar refractivity (Wildman–Crippen MR) is 84.3 cm³/mol. The molecule has 20 heavy (non-hydrogen) atoms. The summed E-state index contributed by atoms with van der Waals surface area (Å²) in [5.74, 6) is 0.227. The summed E-state index contributed by atoms with van der Waals surface area (Å²) >= 11 is 0. The fourth-order valence-corrected chi connectivity index (χ4v) is 2.06. The minimum Gasteiger partial charge on any atom is -0.287 e. The van der Waals surface area contributed by atoms with E-state index in [1.54, 1.807) is 12.1 Å². The van der Waals surface area contributed by atoms with Crippen LogP contribution in [0.25, 0.3) is 0 Å². The second kappa shape index (κ2) is 9.32. The summed E-state index contributed by atoms with van der Waals surface area (Å²) in [6.07, 6.45) is 6.54. The van der Waals surface area contributed by atoms with E-state index < -0.39 is 0 Å². The first-order chi connectivity index (χ1) is 9.69. The molecule has 0 radical (unpaired) electrons. The first kappa shape index (κ1) is 16.4. The number of rotatable bonds is 9. The predicted octanol–water partition coefficient (Wildman–Crippen LogP) is 3.69. The SMILES string of the molecule is C=C[C@@H](C)[C@H](CCCCC)NNC(=O)c1ccccc1. The van der Waals surface area contributed by atoms with E-state index in [-0.39, 0.29) is 11.9 Å². The number of hydrogen-bond donors (Lipinski definition) is 2. The lowest BCUT2D eigenvalue weighted by molar-refractivity contribution is 0.0919. The number of carbonyl (C=O) groups excluding carboxylic acids is 1. The lowest BCUT2D eigenvalue weighted by atomic mass is 9.97. The molecule has 0 aromatic heterocycles. The van der Waals surface area contributed by atoms with Crippen LogP contribution in [0.4, 0.5) is 0 Å². The van der Waals surface area contributed by atoms with Gasteiger partial charge in [0.15, 0.2) is 0 Å². The molecule has 3 heteroatoms. The molecular weight excluding hydrogens is 248 g/mol. The van der Waals surface area contributed by atoms with Crippen molar-refractivity contribution < 1.29 is 4.79 Å². The highest BCUT2D eigenvalue weighted by Gasteiger charge is 2.15. The van der Waals surface area contributed by atoms with Gasteiger partial charge in [0.2, 0.25) is 0 Å². The Morgan fingerprint density at radius 3 is 2.60 bits per heavy atom. The highest BCUT2D eigenvalue weighted by Crippen LogP contribution is 2.12. The van der Waals surface area contributed by atoms with Crippen molar-refractivity contribution in [3.05, 3.63) is 48.6 Å². The van der Waals surface area contributed by atoms with Crippen molar-refractivity contribution in [3.8, 4) is 0 Å². The van der Waals surface area contributed by atoms with Gasteiger partial charge in [-0.05, 0) is 24.5 Å². The van der Waals surface area contributed by atoms with E-state index in [2.05, 4.69) is 31.3 Å². The summed E-state index contributed by atoms with van der Waals surface area (Å²) in [6, 6.07) is 9.46. The molecule has 1 aromatic carbocycles. The zero-order valence-electron chi connectivity index (χ0n) is 12.6. The molecule has 1 rings (SSSR count). The van der Waals surface area contributed by atoms with Crippen LogP contribution in [-0.2, 0) is 0 Å². The van der Waals surface area contributed by atoms with Crippen LogP contribution in [0.1, 0.15) is 49.9 Å². The molecule has 2 atom stereocenters. The van der Waals surface area contributed by atoms with Gasteiger partial charge in [0.05, 0.1) is 0 Å². The normalized spacial score (nSPS) is 13.5. The van der Waals surface area contributed by atoms with Gasteiger partial charge < -0.3 is 0 Å². The summed E-state index contributed by atoms with van der Waals surface area (Å²) in [7, 11) is 0. The van der Waals surface area contributed by atoms with Gasteiger partial charge in [-0.15, -0.1) is 6.58 Å². The van der Waals surface area contributed by atoms with Crippen molar-refractivity contribution in [1.29, 1.82) is 0 Å². The van der Waals surface area contributed by atoms with E-state index in [4.69, 9.17) is 0 Å². The van der Waals surface area contributed by atoms with E-state index in [9.17, 15) is 4.79 Å². The highest BCUT2D eigenvalue weighted by atomic mass is 16.2. The first-order valence-electron chi connectivity index (χ1n) is 7.42. The zero-order valence-corrected chi connectivity index (χ0v) is 12.6. The third-order valence-electron chi connectivity index (χ3n) is 3.53. The molecule has 0 spiro atoms. The third kappa shape index (κ3) is 5.57. The summed E-state index contributed by atoms with van der Waals surface area (Å²) in [4.78, 5) is 12.0. The Morgan fingerprint density at radius 2 is 2.00 bits per heavy atom. The molecule has 0 saturated heterocycles. The van der Waals surface area contributed by atoms with Crippen molar-refractivity contribution in [1.82, 2.24) is 10.9 Å². The highest BCUT2D eigenvalue weighted by molar-refractivity contribution is 5.93. The van der Waals surface area contributed by atoms with Gasteiger partial charge in [-0.2, -0.15) is 0 Å². The summed E-state index contributed by atoms with van der Waals surface area (Å²) in [5.41, 5.74) is 6.63. The lowest BCUT2D eigenvalue weighted by Crippen LogP contribution is -2.46. The fourth-order valence-electron chi connectivity index (χ4n) is 2.06. The second-order valence-corrected chi connectivity index (χ2v) is 5.16. The quantitative estimate of drug-likeness (QED) is 0.409. The fraction of sp³-hybridized carbons (Fsp3) is 0.471. The Hall–Kier alpha value is -1.61. The molecule has 0 saturated carbocycles. The second-order valence-electron chi connectivity index (χ2n) is 5.16. The molecule has 110 valence electrons. The molecular formula is C17H26N2O. The minimum absolute atomic E-state index is 0.0950. The van der Waals surface area contributed by atoms with Gasteiger partial charge in [0.1, 0.15) is 0 Å². The van der Waals surface area contributed by atoms with Gasteiger partial charge in [-0.3, -0.25) is 10.2 Å². The van der Waals surface area contributed by atoms with Gasteiger partial charge in [0, 0.05) is 11.6 Å². The van der Waals surface area contributed by atoms with Gasteiger partial charge in [0.25, 0.3) is 5.91 Å². The number of amides is 1. The van der Waals surface area contributed by atoms with Crippen LogP contribution in [0.5, 0.6) is 0 Å². The molecule has 0 unspecified atom stereocenters. The van der Waals surface area contributed by atoms with Crippen LogP contribution in [0.3, 0.4) is 0 Å². The number of carbonyl (C=O) groups is 1. The molecule has 3 nitrogen and oxygen atoms in total. The summed E-state index contributed by atoms with van der Waals surface area (Å²) in [5, 5.41) is 0. The molecule has 0 fully saturated rings. The Balaban J connectivity index is 2.48. The Bertz CT molecular complexity index is 403. The third-order valence-corrected chi connectivity index (χ3v) is 3.53. The van der Waals surface area contributed by atoms with Crippen molar-refractivity contribution in [2.75, 3.05) is 0 Å². The monoisotopic (exact) mass is 274 g/mol. The van der Waals surface area contributed by atoms with Crippen molar-refractivity contribution in [2.24, 2.45) is 5.92 Å². The van der Waals surface area contributed by atoms with Crippen LogP contribution >= 0.6 is 0 Å². The van der Waals surface area contributed by atoms with Crippen molar-refractivity contribution >= 4 is 5.91 Å². The average molecular weight is 274 g/mol. The number of unbranched alkanes of at least 4 members (excludes halogenated alkanes) is 2. The standard InChI is InChI=1S/C17H26N2O/c1-4-6-8-13-16(14(3)5-2)18-19-17(20)15-11-9-7-10-12-15/h5,7,9-12,14,16,18H,2,4,6,8,13H2,1,3H3,(H,19,20)/t14-,16+/m1/s1. The van der Waals surface area contributed by atoms with Gasteiger partial charge in [-0.1, -0.05) is 57.4 Å². The van der Waals surface area contributed by atoms with Crippen LogP contribution in [0.15, 0.2) is 43.0 Å². The first-order valence-corrected chi connectivity index (χ1v) is 7.42. The van der Waals surface area contributed by atoms with E-state index in [0.717, 1.165) is 12.8 Å². The van der Waals surface area contributed by atoms with Crippen molar-refractivity contribution in [2.45, 2.75) is 45.6 Å². The van der Waals surface area contributed by atoms with Crippen LogP contribution in [-0.4, -0.2) is 11.9 Å². The lowest BCUT2D eigenvalue weighted by Gasteiger charge is -2.23. The maximum absolute atomic E-state index is 12.0. The van der Waals surface area contributed by atoms with Gasteiger partial charge in [-0.25, -0.2) is 5.43 Å². The maximum atomic E-state index is 12.0. The molecule has 0 aliphatic heterocycles. The molecule has 2 N–H and O–H groups in total. The van der Waals surface area contributed by atoms with Crippen molar-refractivity contribution in [3.63, 3.8) is 0 Å². The average Bonchev–Trinajstić information content (AvgIpc) is 2.50. The molecule has 1 aromatic rings. The van der Waals surface area contributed by atoms with E-state index in [0.29, 0.717) is 11.5 Å². The number of benzene rings is 1.